The molecule has 2 aromatic carbocycles. The number of hydrogen-bond acceptors (Lipinski definition) is 5. The van der Waals surface area contributed by atoms with Crippen molar-refractivity contribution in [3.05, 3.63) is 60.2 Å². The average Bonchev–Trinajstić information content (AvgIpc) is 2.77. The second-order valence-electron chi connectivity index (χ2n) is 7.52. The first-order valence-corrected chi connectivity index (χ1v) is 13.0. The van der Waals surface area contributed by atoms with E-state index in [4.69, 9.17) is 0 Å². The predicted molar refractivity (Wildman–Crippen MR) is 117 cm³/mol. The fraction of sp³-hybridized carbons (Fsp3) is 0.381. The molecule has 31 heavy (non-hydrogen) atoms. The van der Waals surface area contributed by atoms with Gasteiger partial charge in [0.05, 0.1) is 15.7 Å². The van der Waals surface area contributed by atoms with E-state index in [0.717, 1.165) is 5.56 Å². The Morgan fingerprint density at radius 3 is 2.32 bits per heavy atom. The summed E-state index contributed by atoms with van der Waals surface area (Å²) in [5.74, 6) is -0.747. The fourth-order valence-corrected chi connectivity index (χ4v) is 6.01. The molecule has 168 valence electrons. The van der Waals surface area contributed by atoms with Gasteiger partial charge in [-0.05, 0) is 44.0 Å². The molecule has 0 spiro atoms. The summed E-state index contributed by atoms with van der Waals surface area (Å²) in [7, 11) is -7.29. The molecular formula is C21H27N3O5S2. The summed E-state index contributed by atoms with van der Waals surface area (Å²) in [5.41, 5.74) is 0.960. The zero-order valence-corrected chi connectivity index (χ0v) is 19.0. The Labute approximate surface area is 183 Å². The summed E-state index contributed by atoms with van der Waals surface area (Å²) in [4.78, 5) is 12.9. The lowest BCUT2D eigenvalue weighted by molar-refractivity contribution is -0.126. The molecule has 0 saturated carbocycles. The standard InChI is InChI=1S/C21H27N3O5S2/c1-17-9-11-19(12-10-17)30(26,27)23-14-13-22-21(25)18-6-5-15-24(16-18)31(28,29)20-7-3-2-4-8-20/h2-4,7-12,18,23H,5-6,13-16H2,1H3,(H,22,25). The SMILES string of the molecule is Cc1ccc(S(=O)(=O)NCCNC(=O)C2CCCN(S(=O)(=O)c3ccccc3)C2)cc1. The highest BCUT2D eigenvalue weighted by molar-refractivity contribution is 7.89. The first-order chi connectivity index (χ1) is 14.7. The molecule has 1 amide bonds. The summed E-state index contributed by atoms with van der Waals surface area (Å²) in [6.07, 6.45) is 1.17. The third kappa shape index (κ3) is 5.91. The maximum Gasteiger partial charge on any atom is 0.243 e. The average molecular weight is 466 g/mol. The van der Waals surface area contributed by atoms with Crippen LogP contribution in [0.3, 0.4) is 0 Å². The third-order valence-corrected chi connectivity index (χ3v) is 8.54. The summed E-state index contributed by atoms with van der Waals surface area (Å²) in [6, 6.07) is 14.7. The lowest BCUT2D eigenvalue weighted by Gasteiger charge is -2.31. The van der Waals surface area contributed by atoms with E-state index in [-0.39, 0.29) is 35.3 Å². The van der Waals surface area contributed by atoms with Crippen LogP contribution in [0, 0.1) is 12.8 Å². The molecule has 8 nitrogen and oxygen atoms in total. The summed E-state index contributed by atoms with van der Waals surface area (Å²) < 4.78 is 54.0. The molecule has 0 aliphatic carbocycles. The minimum absolute atomic E-state index is 0.0424. The van der Waals surface area contributed by atoms with Crippen molar-refractivity contribution in [1.82, 2.24) is 14.3 Å². The number of rotatable bonds is 8. The van der Waals surface area contributed by atoms with E-state index in [1.807, 2.05) is 6.92 Å². The van der Waals surface area contributed by atoms with Crippen LogP contribution < -0.4 is 10.0 Å². The number of aryl methyl sites for hydroxylation is 1. The third-order valence-electron chi connectivity index (χ3n) is 5.18. The molecule has 10 heteroatoms. The number of nitrogens with one attached hydrogen (secondary N) is 2. The monoisotopic (exact) mass is 465 g/mol. The first kappa shape index (κ1) is 23.4. The minimum atomic E-state index is -3.65. The van der Waals surface area contributed by atoms with Crippen LogP contribution in [0.25, 0.3) is 0 Å². The maximum absolute atomic E-state index is 12.8. The van der Waals surface area contributed by atoms with Gasteiger partial charge in [-0.3, -0.25) is 4.79 Å². The number of amides is 1. The number of hydrogen-bond donors (Lipinski definition) is 2. The highest BCUT2D eigenvalue weighted by Crippen LogP contribution is 2.23. The lowest BCUT2D eigenvalue weighted by Crippen LogP contribution is -2.46. The molecule has 1 aliphatic rings. The van der Waals surface area contributed by atoms with E-state index in [0.29, 0.717) is 19.4 Å². The molecule has 1 saturated heterocycles. The van der Waals surface area contributed by atoms with Gasteiger partial charge in [-0.2, -0.15) is 4.31 Å². The van der Waals surface area contributed by atoms with Crippen molar-refractivity contribution in [3.8, 4) is 0 Å². The molecule has 3 rings (SSSR count). The van der Waals surface area contributed by atoms with Gasteiger partial charge in [-0.1, -0.05) is 35.9 Å². The van der Waals surface area contributed by atoms with Gasteiger partial charge >= 0.3 is 0 Å². The Kier molecular flexibility index (Phi) is 7.47. The molecule has 2 N–H and O–H groups in total. The van der Waals surface area contributed by atoms with Crippen LogP contribution in [0.15, 0.2) is 64.4 Å². The normalized spacial score (nSPS) is 17.9. The molecule has 0 bridgehead atoms. The van der Waals surface area contributed by atoms with Crippen molar-refractivity contribution >= 4 is 26.0 Å². The number of nitrogens with zero attached hydrogens (tertiary/aromatic N) is 1. The molecule has 1 atom stereocenters. The Balaban J connectivity index is 1.51. The van der Waals surface area contributed by atoms with E-state index < -0.39 is 26.0 Å². The van der Waals surface area contributed by atoms with Crippen molar-refractivity contribution < 1.29 is 21.6 Å². The largest absolute Gasteiger partial charge is 0.355 e. The summed E-state index contributed by atoms with van der Waals surface area (Å²) >= 11 is 0. The van der Waals surface area contributed by atoms with Gasteiger partial charge in [-0.15, -0.1) is 0 Å². The van der Waals surface area contributed by atoms with E-state index in [1.54, 1.807) is 42.5 Å². The molecule has 1 unspecified atom stereocenters. The van der Waals surface area contributed by atoms with Gasteiger partial charge in [0.25, 0.3) is 0 Å². The Hall–Kier alpha value is -2.27. The van der Waals surface area contributed by atoms with Crippen LogP contribution in [0.2, 0.25) is 0 Å². The topological polar surface area (TPSA) is 113 Å². The van der Waals surface area contributed by atoms with E-state index >= 15 is 0 Å². The van der Waals surface area contributed by atoms with Crippen molar-refractivity contribution in [3.63, 3.8) is 0 Å². The second-order valence-corrected chi connectivity index (χ2v) is 11.2. The van der Waals surface area contributed by atoms with Crippen LogP contribution >= 0.6 is 0 Å². The first-order valence-electron chi connectivity index (χ1n) is 10.1. The van der Waals surface area contributed by atoms with Gasteiger partial charge in [0.2, 0.25) is 26.0 Å². The maximum atomic E-state index is 12.8. The van der Waals surface area contributed by atoms with Gasteiger partial charge in [0, 0.05) is 26.2 Å². The summed E-state index contributed by atoms with van der Waals surface area (Å²) in [5, 5.41) is 2.71. The quantitative estimate of drug-likeness (QED) is 0.574. The van der Waals surface area contributed by atoms with Gasteiger partial charge in [-0.25, -0.2) is 21.6 Å². The molecule has 1 heterocycles. The number of carbonyl (C=O) groups is 1. The predicted octanol–water partition coefficient (Wildman–Crippen LogP) is 1.49. The van der Waals surface area contributed by atoms with Crippen LogP contribution in [0.4, 0.5) is 0 Å². The van der Waals surface area contributed by atoms with Crippen molar-refractivity contribution in [2.75, 3.05) is 26.2 Å². The second kappa shape index (κ2) is 9.90. The molecule has 0 radical (unpaired) electrons. The smallest absolute Gasteiger partial charge is 0.243 e. The highest BCUT2D eigenvalue weighted by Gasteiger charge is 2.33. The van der Waals surface area contributed by atoms with Crippen molar-refractivity contribution in [1.29, 1.82) is 0 Å². The number of benzene rings is 2. The fourth-order valence-electron chi connectivity index (χ4n) is 3.43. The molecular weight excluding hydrogens is 438 g/mol. The molecule has 1 aliphatic heterocycles. The number of carbonyl (C=O) groups excluding carboxylic acids is 1. The zero-order valence-electron chi connectivity index (χ0n) is 17.3. The Morgan fingerprint density at radius 1 is 0.968 bits per heavy atom. The van der Waals surface area contributed by atoms with E-state index in [2.05, 4.69) is 10.0 Å². The summed E-state index contributed by atoms with van der Waals surface area (Å²) in [6.45, 7) is 2.51. The van der Waals surface area contributed by atoms with Crippen molar-refractivity contribution in [2.45, 2.75) is 29.6 Å². The highest BCUT2D eigenvalue weighted by atomic mass is 32.2. The lowest BCUT2D eigenvalue weighted by atomic mass is 9.99. The molecule has 2 aromatic rings. The minimum Gasteiger partial charge on any atom is -0.355 e. The van der Waals surface area contributed by atoms with E-state index in [1.165, 1.54) is 16.4 Å². The van der Waals surface area contributed by atoms with Crippen LogP contribution in [-0.2, 0) is 24.8 Å². The van der Waals surface area contributed by atoms with Crippen LogP contribution in [0.1, 0.15) is 18.4 Å². The van der Waals surface area contributed by atoms with Gasteiger partial charge < -0.3 is 5.32 Å². The molecule has 0 aromatic heterocycles. The van der Waals surface area contributed by atoms with E-state index in [9.17, 15) is 21.6 Å². The molecule has 1 fully saturated rings. The van der Waals surface area contributed by atoms with Crippen molar-refractivity contribution in [2.24, 2.45) is 5.92 Å². The number of piperidine rings is 1. The Morgan fingerprint density at radius 2 is 1.65 bits per heavy atom. The van der Waals surface area contributed by atoms with Crippen LogP contribution in [0.5, 0.6) is 0 Å². The Bertz CT molecular complexity index is 1100. The van der Waals surface area contributed by atoms with Crippen LogP contribution in [-0.4, -0.2) is 53.2 Å². The number of sulfonamides is 2. The van der Waals surface area contributed by atoms with Gasteiger partial charge in [0.15, 0.2) is 0 Å². The zero-order chi connectivity index (χ0) is 22.5. The van der Waals surface area contributed by atoms with Gasteiger partial charge in [0.1, 0.15) is 0 Å².